The summed E-state index contributed by atoms with van der Waals surface area (Å²) in [6.45, 7) is 0. The maximum atomic E-state index is 11.1. The van der Waals surface area contributed by atoms with Crippen molar-refractivity contribution in [2.24, 2.45) is 0 Å². The van der Waals surface area contributed by atoms with Crippen LogP contribution in [0.2, 0.25) is 10.0 Å². The molecule has 0 aliphatic heterocycles. The first-order valence-corrected chi connectivity index (χ1v) is 5.96. The van der Waals surface area contributed by atoms with Crippen molar-refractivity contribution in [2.45, 2.75) is 31.3 Å². The monoisotopic (exact) mass is 258 g/mol. The number of Topliss-reactive ketones (excluding diaryl/α,β-unsaturated/α-hetero) is 1. The van der Waals surface area contributed by atoms with Crippen LogP contribution in [-0.2, 0) is 10.4 Å². The number of hydrogen-bond donors (Lipinski definition) is 1. The van der Waals surface area contributed by atoms with Crippen LogP contribution < -0.4 is 0 Å². The lowest BCUT2D eigenvalue weighted by atomic mass is 9.79. The molecule has 0 saturated heterocycles. The molecule has 4 heteroatoms. The Kier molecular flexibility index (Phi) is 3.24. The molecule has 1 aromatic rings. The highest BCUT2D eigenvalue weighted by Gasteiger charge is 2.34. The zero-order valence-electron chi connectivity index (χ0n) is 8.67. The molecule has 1 aromatic carbocycles. The van der Waals surface area contributed by atoms with Gasteiger partial charge in [0.15, 0.2) is 0 Å². The Morgan fingerprint density at radius 2 is 1.75 bits per heavy atom. The van der Waals surface area contributed by atoms with Gasteiger partial charge >= 0.3 is 0 Å². The number of halogens is 2. The van der Waals surface area contributed by atoms with Crippen molar-refractivity contribution in [3.8, 4) is 0 Å². The number of aliphatic hydroxyl groups is 1. The predicted octanol–water partition coefficient (Wildman–Crippen LogP) is 3.32. The summed E-state index contributed by atoms with van der Waals surface area (Å²) in [6, 6.07) is 5.12. The molecule has 86 valence electrons. The average Bonchev–Trinajstić information content (AvgIpc) is 2.26. The second kappa shape index (κ2) is 4.36. The van der Waals surface area contributed by atoms with Crippen LogP contribution in [-0.4, -0.2) is 10.9 Å². The van der Waals surface area contributed by atoms with Gasteiger partial charge in [-0.15, -0.1) is 0 Å². The van der Waals surface area contributed by atoms with E-state index in [1.807, 2.05) is 0 Å². The molecule has 0 atom stereocenters. The fourth-order valence-electron chi connectivity index (χ4n) is 2.02. The van der Waals surface area contributed by atoms with E-state index < -0.39 is 5.60 Å². The van der Waals surface area contributed by atoms with Gasteiger partial charge in [0.05, 0.1) is 15.6 Å². The van der Waals surface area contributed by atoms with Crippen molar-refractivity contribution in [2.75, 3.05) is 0 Å². The molecule has 0 heterocycles. The molecule has 1 saturated carbocycles. The highest BCUT2D eigenvalue weighted by molar-refractivity contribution is 6.42. The fourth-order valence-corrected chi connectivity index (χ4v) is 2.31. The molecule has 2 rings (SSSR count). The van der Waals surface area contributed by atoms with Crippen LogP contribution in [0.25, 0.3) is 0 Å². The predicted molar refractivity (Wildman–Crippen MR) is 63.8 cm³/mol. The summed E-state index contributed by atoms with van der Waals surface area (Å²) in [4.78, 5) is 11.1. The van der Waals surface area contributed by atoms with Crippen LogP contribution in [0.4, 0.5) is 0 Å². The Morgan fingerprint density at radius 1 is 1.12 bits per heavy atom. The molecule has 0 unspecified atom stereocenters. The summed E-state index contributed by atoms with van der Waals surface area (Å²) in [6.07, 6.45) is 1.78. The highest BCUT2D eigenvalue weighted by Crippen LogP contribution is 2.37. The molecule has 1 N–H and O–H groups in total. The first-order valence-electron chi connectivity index (χ1n) is 5.21. The molecule has 0 amide bonds. The molecular weight excluding hydrogens is 247 g/mol. The summed E-state index contributed by atoms with van der Waals surface area (Å²) < 4.78 is 0. The van der Waals surface area contributed by atoms with E-state index in [2.05, 4.69) is 0 Å². The second-order valence-corrected chi connectivity index (χ2v) is 5.01. The smallest absolute Gasteiger partial charge is 0.133 e. The first-order chi connectivity index (χ1) is 7.51. The van der Waals surface area contributed by atoms with Gasteiger partial charge in [-0.2, -0.15) is 0 Å². The number of ketones is 1. The minimum Gasteiger partial charge on any atom is -0.385 e. The van der Waals surface area contributed by atoms with Gasteiger partial charge in [0.1, 0.15) is 5.78 Å². The van der Waals surface area contributed by atoms with Gasteiger partial charge in [-0.25, -0.2) is 0 Å². The van der Waals surface area contributed by atoms with Crippen molar-refractivity contribution in [3.05, 3.63) is 33.8 Å². The maximum absolute atomic E-state index is 11.1. The van der Waals surface area contributed by atoms with Gasteiger partial charge in [-0.1, -0.05) is 29.3 Å². The van der Waals surface area contributed by atoms with Gasteiger partial charge in [0.25, 0.3) is 0 Å². The van der Waals surface area contributed by atoms with Crippen LogP contribution in [0.5, 0.6) is 0 Å². The van der Waals surface area contributed by atoms with Crippen molar-refractivity contribution >= 4 is 29.0 Å². The van der Waals surface area contributed by atoms with Gasteiger partial charge in [0.2, 0.25) is 0 Å². The summed E-state index contributed by atoms with van der Waals surface area (Å²) in [5.41, 5.74) is -0.184. The van der Waals surface area contributed by atoms with E-state index in [0.29, 0.717) is 35.7 Å². The molecule has 0 aromatic heterocycles. The molecule has 1 fully saturated rings. The zero-order valence-corrected chi connectivity index (χ0v) is 10.2. The quantitative estimate of drug-likeness (QED) is 0.839. The average molecular weight is 259 g/mol. The lowest BCUT2D eigenvalue weighted by molar-refractivity contribution is -0.125. The molecule has 0 radical (unpaired) electrons. The van der Waals surface area contributed by atoms with Gasteiger partial charge < -0.3 is 5.11 Å². The second-order valence-electron chi connectivity index (χ2n) is 4.20. The topological polar surface area (TPSA) is 37.3 Å². The normalized spacial score (nSPS) is 19.8. The number of carbonyl (C=O) groups is 1. The molecule has 1 aliphatic rings. The molecule has 0 spiro atoms. The first kappa shape index (κ1) is 11.9. The third-order valence-corrected chi connectivity index (χ3v) is 3.83. The Hall–Kier alpha value is -0.570. The third-order valence-electron chi connectivity index (χ3n) is 3.09. The summed E-state index contributed by atoms with van der Waals surface area (Å²) in [5, 5.41) is 11.3. The number of hydrogen-bond acceptors (Lipinski definition) is 2. The zero-order chi connectivity index (χ0) is 11.8. The lowest BCUT2D eigenvalue weighted by Crippen LogP contribution is -2.31. The summed E-state index contributed by atoms with van der Waals surface area (Å²) in [7, 11) is 0. The van der Waals surface area contributed by atoms with E-state index >= 15 is 0 Å². The van der Waals surface area contributed by atoms with E-state index in [9.17, 15) is 9.90 Å². The van der Waals surface area contributed by atoms with E-state index in [1.165, 1.54) is 0 Å². The third kappa shape index (κ3) is 2.24. The summed E-state index contributed by atoms with van der Waals surface area (Å²) >= 11 is 11.7. The maximum Gasteiger partial charge on any atom is 0.133 e. The van der Waals surface area contributed by atoms with Gasteiger partial charge in [-0.05, 0) is 30.5 Å². The van der Waals surface area contributed by atoms with E-state index in [0.717, 1.165) is 5.56 Å². The Morgan fingerprint density at radius 3 is 2.31 bits per heavy atom. The van der Waals surface area contributed by atoms with Crippen molar-refractivity contribution in [3.63, 3.8) is 0 Å². The minimum atomic E-state index is -0.928. The molecular formula is C12H12Cl2O2. The summed E-state index contributed by atoms with van der Waals surface area (Å²) in [5.74, 6) is 0.213. The van der Waals surface area contributed by atoms with E-state index in [4.69, 9.17) is 23.2 Å². The largest absolute Gasteiger partial charge is 0.385 e. The SMILES string of the molecule is O=C1CCC(O)(c2ccc(Cl)c(Cl)c2)CC1. The number of carbonyl (C=O) groups excluding carboxylic acids is 1. The van der Waals surface area contributed by atoms with E-state index in [1.54, 1.807) is 18.2 Å². The van der Waals surface area contributed by atoms with Crippen molar-refractivity contribution < 1.29 is 9.90 Å². The molecule has 2 nitrogen and oxygen atoms in total. The van der Waals surface area contributed by atoms with Crippen molar-refractivity contribution in [1.82, 2.24) is 0 Å². The molecule has 16 heavy (non-hydrogen) atoms. The fraction of sp³-hybridized carbons (Fsp3) is 0.417. The van der Waals surface area contributed by atoms with Gasteiger partial charge in [-0.3, -0.25) is 4.79 Å². The Labute approximate surface area is 104 Å². The molecule has 0 bridgehead atoms. The van der Waals surface area contributed by atoms with Crippen molar-refractivity contribution in [1.29, 1.82) is 0 Å². The number of rotatable bonds is 1. The lowest BCUT2D eigenvalue weighted by Gasteiger charge is -2.32. The highest BCUT2D eigenvalue weighted by atomic mass is 35.5. The minimum absolute atomic E-state index is 0.213. The van der Waals surface area contributed by atoms with Crippen LogP contribution in [0.3, 0.4) is 0 Å². The van der Waals surface area contributed by atoms with Crippen LogP contribution >= 0.6 is 23.2 Å². The Bertz CT molecular complexity index is 419. The van der Waals surface area contributed by atoms with Crippen LogP contribution in [0, 0.1) is 0 Å². The van der Waals surface area contributed by atoms with Gasteiger partial charge in [0, 0.05) is 12.8 Å². The number of benzene rings is 1. The van der Waals surface area contributed by atoms with Crippen LogP contribution in [0.15, 0.2) is 18.2 Å². The van der Waals surface area contributed by atoms with E-state index in [-0.39, 0.29) is 5.78 Å². The molecule has 1 aliphatic carbocycles. The van der Waals surface area contributed by atoms with Crippen LogP contribution in [0.1, 0.15) is 31.2 Å². The Balaban J connectivity index is 2.29. The standard InChI is InChI=1S/C12H12Cl2O2/c13-10-2-1-8(7-11(10)14)12(16)5-3-9(15)4-6-12/h1-2,7,16H,3-6H2.